The molecule has 1 amide bonds. The average Bonchev–Trinajstić information content (AvgIpc) is 3.04. The highest BCUT2D eigenvalue weighted by Crippen LogP contribution is 2.34. The second kappa shape index (κ2) is 5.56. The molecule has 0 bridgehead atoms. The zero-order valence-corrected chi connectivity index (χ0v) is 12.8. The van der Waals surface area contributed by atoms with Gasteiger partial charge in [0.15, 0.2) is 0 Å². The number of nitrogens with zero attached hydrogens (tertiary/aromatic N) is 2. The van der Waals surface area contributed by atoms with Crippen molar-refractivity contribution in [2.45, 2.75) is 12.5 Å². The molecular weight excluding hydrogens is 268 g/mol. The summed E-state index contributed by atoms with van der Waals surface area (Å²) >= 11 is 0. The Morgan fingerprint density at radius 3 is 2.76 bits per heavy atom. The van der Waals surface area contributed by atoms with Crippen LogP contribution in [0.2, 0.25) is 0 Å². The lowest BCUT2D eigenvalue weighted by molar-refractivity contribution is 0.0726. The predicted octanol–water partition coefficient (Wildman–Crippen LogP) is 1.48. The minimum Gasteiger partial charge on any atom is -0.497 e. The van der Waals surface area contributed by atoms with Gasteiger partial charge in [-0.15, -0.1) is 0 Å². The molecule has 0 aliphatic carbocycles. The molecule has 5 heteroatoms. The summed E-state index contributed by atoms with van der Waals surface area (Å²) in [4.78, 5) is 17.2. The number of carbonyl (C=O) groups is 1. The maximum Gasteiger partial charge on any atom is 0.257 e. The highest BCUT2D eigenvalue weighted by molar-refractivity contribution is 5.97. The van der Waals surface area contributed by atoms with Gasteiger partial charge in [0.2, 0.25) is 0 Å². The standard InChI is InChI=1S/C16H22N2O3/c1-17-9-11-6-7-18(14(11)10-17)16(19)13-5-4-12(20-2)8-15(13)21-3/h4-5,8,11,14H,6-7,9-10H2,1-3H3/t11-,14+/m0/s1. The highest BCUT2D eigenvalue weighted by Gasteiger charge is 2.42. The summed E-state index contributed by atoms with van der Waals surface area (Å²) in [6.07, 6.45) is 1.10. The number of likely N-dealkylation sites (tertiary alicyclic amines) is 2. The van der Waals surface area contributed by atoms with Crippen LogP contribution < -0.4 is 9.47 Å². The fraction of sp³-hybridized carbons (Fsp3) is 0.562. The van der Waals surface area contributed by atoms with E-state index in [2.05, 4.69) is 11.9 Å². The van der Waals surface area contributed by atoms with Crippen molar-refractivity contribution in [3.05, 3.63) is 23.8 Å². The average molecular weight is 290 g/mol. The summed E-state index contributed by atoms with van der Waals surface area (Å²) in [5.41, 5.74) is 0.619. The Hall–Kier alpha value is -1.75. The molecule has 2 atom stereocenters. The first kappa shape index (κ1) is 14.2. The monoisotopic (exact) mass is 290 g/mol. The summed E-state index contributed by atoms with van der Waals surface area (Å²) in [5.74, 6) is 1.96. The Balaban J connectivity index is 1.85. The molecule has 5 nitrogen and oxygen atoms in total. The lowest BCUT2D eigenvalue weighted by Gasteiger charge is -2.25. The van der Waals surface area contributed by atoms with Crippen LogP contribution >= 0.6 is 0 Å². The topological polar surface area (TPSA) is 42.0 Å². The van der Waals surface area contributed by atoms with Crippen molar-refractivity contribution in [1.82, 2.24) is 9.80 Å². The molecule has 2 saturated heterocycles. The number of rotatable bonds is 3. The van der Waals surface area contributed by atoms with E-state index in [1.165, 1.54) is 0 Å². The molecule has 0 saturated carbocycles. The lowest BCUT2D eigenvalue weighted by Crippen LogP contribution is -2.39. The van der Waals surface area contributed by atoms with Gasteiger partial charge < -0.3 is 19.3 Å². The molecule has 1 aromatic carbocycles. The van der Waals surface area contributed by atoms with E-state index in [1.54, 1.807) is 26.4 Å². The SMILES string of the molecule is COc1ccc(C(=O)N2CC[C@H]3CN(C)C[C@H]32)c(OC)c1. The van der Waals surface area contributed by atoms with Crippen molar-refractivity contribution < 1.29 is 14.3 Å². The van der Waals surface area contributed by atoms with Gasteiger partial charge >= 0.3 is 0 Å². The third-order valence-corrected chi connectivity index (χ3v) is 4.63. The molecule has 21 heavy (non-hydrogen) atoms. The van der Waals surface area contributed by atoms with Crippen LogP contribution in [0.15, 0.2) is 18.2 Å². The molecule has 2 fully saturated rings. The third kappa shape index (κ3) is 2.46. The van der Waals surface area contributed by atoms with Gasteiger partial charge in [-0.05, 0) is 31.5 Å². The smallest absolute Gasteiger partial charge is 0.257 e. The van der Waals surface area contributed by atoms with Crippen LogP contribution in [0.25, 0.3) is 0 Å². The van der Waals surface area contributed by atoms with Crippen molar-refractivity contribution in [1.29, 1.82) is 0 Å². The Morgan fingerprint density at radius 2 is 2.05 bits per heavy atom. The van der Waals surface area contributed by atoms with E-state index in [-0.39, 0.29) is 5.91 Å². The summed E-state index contributed by atoms with van der Waals surface area (Å²) in [5, 5.41) is 0. The fourth-order valence-electron chi connectivity index (χ4n) is 3.55. The van der Waals surface area contributed by atoms with Crippen molar-refractivity contribution >= 4 is 5.91 Å². The van der Waals surface area contributed by atoms with Gasteiger partial charge in [0.05, 0.1) is 19.8 Å². The summed E-state index contributed by atoms with van der Waals surface area (Å²) < 4.78 is 10.6. The quantitative estimate of drug-likeness (QED) is 0.845. The zero-order chi connectivity index (χ0) is 15.0. The lowest BCUT2D eigenvalue weighted by atomic mass is 10.0. The number of hydrogen-bond donors (Lipinski definition) is 0. The second-order valence-electron chi connectivity index (χ2n) is 5.90. The number of carbonyl (C=O) groups excluding carboxylic acids is 1. The maximum absolute atomic E-state index is 12.9. The second-order valence-corrected chi connectivity index (χ2v) is 5.90. The first-order chi connectivity index (χ1) is 10.1. The van der Waals surface area contributed by atoms with E-state index in [9.17, 15) is 4.79 Å². The minimum absolute atomic E-state index is 0.0669. The highest BCUT2D eigenvalue weighted by atomic mass is 16.5. The first-order valence-electron chi connectivity index (χ1n) is 7.35. The normalized spacial score (nSPS) is 25.0. The van der Waals surface area contributed by atoms with Gasteiger partial charge in [-0.3, -0.25) is 4.79 Å². The fourth-order valence-corrected chi connectivity index (χ4v) is 3.55. The Morgan fingerprint density at radius 1 is 1.24 bits per heavy atom. The van der Waals surface area contributed by atoms with Crippen molar-refractivity contribution in [2.75, 3.05) is 40.9 Å². The van der Waals surface area contributed by atoms with Gasteiger partial charge in [0, 0.05) is 31.7 Å². The largest absolute Gasteiger partial charge is 0.497 e. The number of likely N-dealkylation sites (N-methyl/N-ethyl adjacent to an activating group) is 1. The molecule has 0 radical (unpaired) electrons. The molecule has 0 unspecified atom stereocenters. The molecule has 1 aromatic rings. The van der Waals surface area contributed by atoms with E-state index in [4.69, 9.17) is 9.47 Å². The van der Waals surface area contributed by atoms with Crippen LogP contribution in [-0.4, -0.2) is 62.7 Å². The zero-order valence-electron chi connectivity index (χ0n) is 12.8. The molecule has 2 heterocycles. The van der Waals surface area contributed by atoms with Crippen LogP contribution in [0.3, 0.4) is 0 Å². The molecule has 2 aliphatic rings. The maximum atomic E-state index is 12.9. The van der Waals surface area contributed by atoms with E-state index in [0.717, 1.165) is 26.1 Å². The van der Waals surface area contributed by atoms with Crippen LogP contribution in [0.5, 0.6) is 11.5 Å². The van der Waals surface area contributed by atoms with Crippen molar-refractivity contribution in [3.63, 3.8) is 0 Å². The Kier molecular flexibility index (Phi) is 3.76. The van der Waals surface area contributed by atoms with Crippen LogP contribution in [-0.2, 0) is 0 Å². The summed E-state index contributed by atoms with van der Waals surface area (Å²) in [6, 6.07) is 5.71. The van der Waals surface area contributed by atoms with E-state index < -0.39 is 0 Å². The van der Waals surface area contributed by atoms with Gasteiger partial charge in [0.25, 0.3) is 5.91 Å². The van der Waals surface area contributed by atoms with Crippen LogP contribution in [0, 0.1) is 5.92 Å². The number of hydrogen-bond acceptors (Lipinski definition) is 4. The molecule has 2 aliphatic heterocycles. The third-order valence-electron chi connectivity index (χ3n) is 4.63. The van der Waals surface area contributed by atoms with E-state index in [1.807, 2.05) is 11.0 Å². The Labute approximate surface area is 125 Å². The molecule has 0 spiro atoms. The van der Waals surface area contributed by atoms with Gasteiger partial charge in [0.1, 0.15) is 11.5 Å². The van der Waals surface area contributed by atoms with Crippen molar-refractivity contribution in [2.24, 2.45) is 5.92 Å². The molecular formula is C16H22N2O3. The summed E-state index contributed by atoms with van der Waals surface area (Å²) in [7, 11) is 5.31. The number of amides is 1. The molecule has 0 aromatic heterocycles. The number of methoxy groups -OCH3 is 2. The van der Waals surface area contributed by atoms with Gasteiger partial charge in [-0.1, -0.05) is 0 Å². The van der Waals surface area contributed by atoms with Crippen LogP contribution in [0.4, 0.5) is 0 Å². The number of fused-ring (bicyclic) bond motifs is 1. The Bertz CT molecular complexity index is 546. The van der Waals surface area contributed by atoms with Crippen molar-refractivity contribution in [3.8, 4) is 11.5 Å². The molecule has 3 rings (SSSR count). The number of benzene rings is 1. The summed E-state index contributed by atoms with van der Waals surface area (Å²) in [6.45, 7) is 2.90. The van der Waals surface area contributed by atoms with Crippen LogP contribution in [0.1, 0.15) is 16.8 Å². The van der Waals surface area contributed by atoms with Gasteiger partial charge in [-0.2, -0.15) is 0 Å². The number of ether oxygens (including phenoxy) is 2. The van der Waals surface area contributed by atoms with Gasteiger partial charge in [-0.25, -0.2) is 0 Å². The molecule has 0 N–H and O–H groups in total. The van der Waals surface area contributed by atoms with E-state index >= 15 is 0 Å². The first-order valence-corrected chi connectivity index (χ1v) is 7.35. The predicted molar refractivity (Wildman–Crippen MR) is 80.0 cm³/mol. The minimum atomic E-state index is 0.0669. The molecule has 114 valence electrons. The van der Waals surface area contributed by atoms with E-state index in [0.29, 0.717) is 29.0 Å².